The molecule has 6 nitrogen and oxygen atoms in total. The number of nitrogens with one attached hydrogen (secondary N) is 1. The number of aromatic nitrogens is 4. The highest BCUT2D eigenvalue weighted by molar-refractivity contribution is 5.74. The summed E-state index contributed by atoms with van der Waals surface area (Å²) in [4.78, 5) is 12.6. The molecule has 0 saturated carbocycles. The van der Waals surface area contributed by atoms with Gasteiger partial charge in [0.05, 0.1) is 28.9 Å². The van der Waals surface area contributed by atoms with E-state index in [9.17, 15) is 22.8 Å². The summed E-state index contributed by atoms with van der Waals surface area (Å²) < 4.78 is 53.5. The molecule has 0 fully saturated rings. The number of halogens is 4. The van der Waals surface area contributed by atoms with Gasteiger partial charge in [0, 0.05) is 11.8 Å². The zero-order valence-corrected chi connectivity index (χ0v) is 15.4. The monoisotopic (exact) mass is 412 g/mol. The average Bonchev–Trinajstić information content (AvgIpc) is 3.02. The Labute approximate surface area is 167 Å². The minimum absolute atomic E-state index is 0.231. The van der Waals surface area contributed by atoms with E-state index in [0.717, 1.165) is 18.3 Å². The first-order valence-electron chi connectivity index (χ1n) is 8.62. The van der Waals surface area contributed by atoms with Gasteiger partial charge in [-0.15, -0.1) is 0 Å². The first-order valence-corrected chi connectivity index (χ1v) is 8.62. The Hall–Kier alpha value is -4.00. The molecular formula is C20H12F4N6. The van der Waals surface area contributed by atoms with Crippen molar-refractivity contribution in [2.75, 3.05) is 5.32 Å². The van der Waals surface area contributed by atoms with Crippen molar-refractivity contribution in [3.8, 4) is 11.9 Å². The Morgan fingerprint density at radius 2 is 1.80 bits per heavy atom. The van der Waals surface area contributed by atoms with Crippen LogP contribution in [0.15, 0.2) is 48.7 Å². The van der Waals surface area contributed by atoms with E-state index in [1.807, 2.05) is 6.07 Å². The van der Waals surface area contributed by atoms with Crippen LogP contribution in [-0.4, -0.2) is 19.5 Å². The normalized spacial score (nSPS) is 11.5. The number of hydrogen-bond acceptors (Lipinski definition) is 5. The largest absolute Gasteiger partial charge is 0.416 e. The maximum Gasteiger partial charge on any atom is 0.416 e. The van der Waals surface area contributed by atoms with Crippen molar-refractivity contribution in [3.63, 3.8) is 0 Å². The lowest BCUT2D eigenvalue weighted by Gasteiger charge is -2.12. The van der Waals surface area contributed by atoms with E-state index in [4.69, 9.17) is 0 Å². The summed E-state index contributed by atoms with van der Waals surface area (Å²) in [5, 5.41) is 12.3. The molecule has 0 atom stereocenters. The van der Waals surface area contributed by atoms with Gasteiger partial charge in [-0.25, -0.2) is 19.3 Å². The predicted octanol–water partition coefficient (Wildman–Crippen LogP) is 4.90. The highest BCUT2D eigenvalue weighted by Crippen LogP contribution is 2.30. The van der Waals surface area contributed by atoms with Crippen LogP contribution in [0.5, 0.6) is 0 Å². The number of anilines is 2. The number of fused-ring (bicyclic) bond motifs is 1. The highest BCUT2D eigenvalue weighted by Gasteiger charge is 2.29. The fraction of sp³-hybridized carbons (Fsp3) is 0.100. The molecule has 0 aliphatic rings. The van der Waals surface area contributed by atoms with Crippen molar-refractivity contribution in [3.05, 3.63) is 71.4 Å². The fourth-order valence-corrected chi connectivity index (χ4v) is 2.99. The second kappa shape index (κ2) is 7.11. The Morgan fingerprint density at radius 3 is 2.47 bits per heavy atom. The van der Waals surface area contributed by atoms with E-state index in [2.05, 4.69) is 20.3 Å². The molecule has 0 unspecified atom stereocenters. The maximum atomic E-state index is 13.7. The summed E-state index contributed by atoms with van der Waals surface area (Å²) in [6.45, 7) is 1.68. The van der Waals surface area contributed by atoms with Gasteiger partial charge in [0.1, 0.15) is 23.3 Å². The predicted molar refractivity (Wildman–Crippen MR) is 101 cm³/mol. The molecule has 0 radical (unpaired) electrons. The van der Waals surface area contributed by atoms with Crippen molar-refractivity contribution >= 4 is 22.7 Å². The molecule has 3 heterocycles. The van der Waals surface area contributed by atoms with Crippen LogP contribution in [0.4, 0.5) is 29.1 Å². The van der Waals surface area contributed by atoms with E-state index in [1.54, 1.807) is 11.5 Å². The molecule has 4 rings (SSSR count). The van der Waals surface area contributed by atoms with Crippen LogP contribution in [0.1, 0.15) is 17.0 Å². The molecule has 10 heteroatoms. The third-order valence-electron chi connectivity index (χ3n) is 4.30. The van der Waals surface area contributed by atoms with Gasteiger partial charge in [0.15, 0.2) is 5.65 Å². The summed E-state index contributed by atoms with van der Waals surface area (Å²) in [6.07, 6.45) is -3.39. The van der Waals surface area contributed by atoms with Crippen LogP contribution >= 0.6 is 0 Å². The molecular weight excluding hydrogens is 400 g/mol. The molecule has 150 valence electrons. The third-order valence-corrected chi connectivity index (χ3v) is 4.30. The molecule has 1 N–H and O–H groups in total. The molecule has 0 bridgehead atoms. The van der Waals surface area contributed by atoms with Gasteiger partial charge < -0.3 is 5.32 Å². The standard InChI is InChI=1S/C20H12F4N6/c1-11-27-19-16(8-14(21)10-26-19)30(11)18-7-12(9-25)6-17(29-18)28-15-4-2-13(3-5-15)20(22,23)24/h2-8,10H,1H3,(H,28,29). The molecule has 0 spiro atoms. The lowest BCUT2D eigenvalue weighted by molar-refractivity contribution is -0.137. The number of nitrogens with zero attached hydrogens (tertiary/aromatic N) is 5. The topological polar surface area (TPSA) is 79.4 Å². The molecule has 30 heavy (non-hydrogen) atoms. The Bertz CT molecular complexity index is 1290. The Kier molecular flexibility index (Phi) is 4.58. The number of aryl methyl sites for hydroxylation is 1. The SMILES string of the molecule is Cc1nc2ncc(F)cc2n1-c1cc(C#N)cc(Nc2ccc(C(F)(F)F)cc2)n1. The molecule has 0 aliphatic heterocycles. The van der Waals surface area contributed by atoms with Gasteiger partial charge in [0.2, 0.25) is 0 Å². The summed E-state index contributed by atoms with van der Waals surface area (Å²) in [6, 6.07) is 10.6. The Balaban J connectivity index is 1.76. The number of imidazole rings is 1. The van der Waals surface area contributed by atoms with Gasteiger partial charge in [-0.2, -0.15) is 18.4 Å². The van der Waals surface area contributed by atoms with E-state index in [1.165, 1.54) is 30.3 Å². The Morgan fingerprint density at radius 1 is 1.07 bits per heavy atom. The second-order valence-corrected chi connectivity index (χ2v) is 6.40. The van der Waals surface area contributed by atoms with Crippen molar-refractivity contribution in [1.82, 2.24) is 19.5 Å². The van der Waals surface area contributed by atoms with Crippen molar-refractivity contribution in [1.29, 1.82) is 5.26 Å². The van der Waals surface area contributed by atoms with Crippen molar-refractivity contribution in [2.24, 2.45) is 0 Å². The van der Waals surface area contributed by atoms with E-state index < -0.39 is 17.6 Å². The number of rotatable bonds is 3. The van der Waals surface area contributed by atoms with Crippen LogP contribution in [0, 0.1) is 24.1 Å². The number of alkyl halides is 3. The summed E-state index contributed by atoms with van der Waals surface area (Å²) in [7, 11) is 0. The van der Waals surface area contributed by atoms with Gasteiger partial charge in [-0.05, 0) is 43.3 Å². The quantitative estimate of drug-likeness (QED) is 0.485. The first-order chi connectivity index (χ1) is 14.2. The lowest BCUT2D eigenvalue weighted by atomic mass is 10.2. The number of pyridine rings is 2. The molecule has 4 aromatic rings. The minimum Gasteiger partial charge on any atom is -0.340 e. The number of hydrogen-bond donors (Lipinski definition) is 1. The molecule has 0 aliphatic carbocycles. The molecule has 0 saturated heterocycles. The van der Waals surface area contributed by atoms with Gasteiger partial charge in [-0.1, -0.05) is 0 Å². The summed E-state index contributed by atoms with van der Waals surface area (Å²) in [5.41, 5.74) is 0.518. The minimum atomic E-state index is -4.44. The lowest BCUT2D eigenvalue weighted by Crippen LogP contribution is -2.05. The van der Waals surface area contributed by atoms with E-state index in [0.29, 0.717) is 22.7 Å². The van der Waals surface area contributed by atoms with Crippen LogP contribution in [0.3, 0.4) is 0 Å². The third kappa shape index (κ3) is 3.65. The van der Waals surface area contributed by atoms with Gasteiger partial charge in [0.25, 0.3) is 0 Å². The summed E-state index contributed by atoms with van der Waals surface area (Å²) in [5.74, 6) is 0.444. The zero-order chi connectivity index (χ0) is 21.5. The molecule has 3 aromatic heterocycles. The van der Waals surface area contributed by atoms with E-state index in [-0.39, 0.29) is 17.2 Å². The number of benzene rings is 1. The van der Waals surface area contributed by atoms with Crippen LogP contribution < -0.4 is 5.32 Å². The van der Waals surface area contributed by atoms with Gasteiger partial charge in [-0.3, -0.25) is 4.57 Å². The highest BCUT2D eigenvalue weighted by atomic mass is 19.4. The van der Waals surface area contributed by atoms with Crippen LogP contribution in [-0.2, 0) is 6.18 Å². The van der Waals surface area contributed by atoms with Crippen LogP contribution in [0.25, 0.3) is 17.0 Å². The zero-order valence-electron chi connectivity index (χ0n) is 15.4. The second-order valence-electron chi connectivity index (χ2n) is 6.40. The fourth-order valence-electron chi connectivity index (χ4n) is 2.99. The molecule has 1 aromatic carbocycles. The maximum absolute atomic E-state index is 13.7. The van der Waals surface area contributed by atoms with Crippen LogP contribution in [0.2, 0.25) is 0 Å². The first kappa shape index (κ1) is 19.3. The van der Waals surface area contributed by atoms with Gasteiger partial charge >= 0.3 is 6.18 Å². The van der Waals surface area contributed by atoms with Crippen molar-refractivity contribution in [2.45, 2.75) is 13.1 Å². The summed E-state index contributed by atoms with van der Waals surface area (Å²) >= 11 is 0. The van der Waals surface area contributed by atoms with E-state index >= 15 is 0 Å². The number of nitriles is 1. The smallest absolute Gasteiger partial charge is 0.340 e. The average molecular weight is 412 g/mol. The van der Waals surface area contributed by atoms with Crippen molar-refractivity contribution < 1.29 is 17.6 Å². The molecule has 0 amide bonds.